The zero-order valence-electron chi connectivity index (χ0n) is 17.4. The number of carbonyl (C=O) groups excluding carboxylic acids is 1. The van der Waals surface area contributed by atoms with E-state index in [0.29, 0.717) is 37.4 Å². The van der Waals surface area contributed by atoms with E-state index >= 15 is 0 Å². The third-order valence-corrected chi connectivity index (χ3v) is 7.51. The number of sulfonamides is 1. The number of amides is 1. The minimum absolute atomic E-state index is 0.00292. The van der Waals surface area contributed by atoms with Crippen LogP contribution in [0.15, 0.2) is 29.2 Å². The Bertz CT molecular complexity index is 983. The predicted molar refractivity (Wildman–Crippen MR) is 109 cm³/mol. The molecule has 8 nitrogen and oxygen atoms in total. The molecular formula is C20H28N4O4S. The Morgan fingerprint density at radius 1 is 1.10 bits per heavy atom. The molecule has 1 saturated heterocycles. The smallest absolute Gasteiger partial charge is 0.246 e. The lowest BCUT2D eigenvalue weighted by atomic mass is 10.1. The number of benzene rings is 1. The number of carbonyl (C=O) groups is 1. The van der Waals surface area contributed by atoms with Gasteiger partial charge in [0.25, 0.3) is 0 Å². The number of nitrogens with zero attached hydrogens (tertiary/aromatic N) is 4. The number of hydrogen-bond donors (Lipinski definition) is 0. The molecule has 1 aliphatic rings. The average Bonchev–Trinajstić information content (AvgIpc) is 2.86. The number of hydrogen-bond acceptors (Lipinski definition) is 5. The van der Waals surface area contributed by atoms with Crippen molar-refractivity contribution < 1.29 is 17.9 Å². The van der Waals surface area contributed by atoms with Gasteiger partial charge >= 0.3 is 0 Å². The first-order valence-electron chi connectivity index (χ1n) is 9.65. The lowest BCUT2D eigenvalue weighted by Crippen LogP contribution is -2.38. The fourth-order valence-electron chi connectivity index (χ4n) is 3.67. The maximum Gasteiger partial charge on any atom is 0.246 e. The molecular weight excluding hydrogens is 392 g/mol. The van der Waals surface area contributed by atoms with E-state index in [0.717, 1.165) is 11.3 Å². The summed E-state index contributed by atoms with van der Waals surface area (Å²) in [6, 6.07) is 7.41. The van der Waals surface area contributed by atoms with Crippen LogP contribution in [-0.4, -0.2) is 66.6 Å². The number of rotatable bonds is 5. The SMILES string of the molecule is COc1ccc(CC(=O)N2CCCN(S(=O)(=O)c3c(C)nn(C)c3C)CC2)cc1. The Morgan fingerprint density at radius 3 is 2.38 bits per heavy atom. The Balaban J connectivity index is 1.68. The number of methoxy groups -OCH3 is 1. The van der Waals surface area contributed by atoms with Crippen molar-refractivity contribution in [1.82, 2.24) is 19.0 Å². The molecule has 158 valence electrons. The highest BCUT2D eigenvalue weighted by Crippen LogP contribution is 2.24. The number of ether oxygens (including phenoxy) is 1. The van der Waals surface area contributed by atoms with Crippen LogP contribution in [0.25, 0.3) is 0 Å². The monoisotopic (exact) mass is 420 g/mol. The van der Waals surface area contributed by atoms with Gasteiger partial charge in [-0.2, -0.15) is 9.40 Å². The Labute approximate surface area is 172 Å². The molecule has 0 unspecified atom stereocenters. The van der Waals surface area contributed by atoms with Gasteiger partial charge in [0.1, 0.15) is 10.6 Å². The van der Waals surface area contributed by atoms with Crippen molar-refractivity contribution >= 4 is 15.9 Å². The molecule has 3 rings (SSSR count). The van der Waals surface area contributed by atoms with E-state index in [9.17, 15) is 13.2 Å². The topological polar surface area (TPSA) is 84.7 Å². The van der Waals surface area contributed by atoms with Crippen LogP contribution in [0.3, 0.4) is 0 Å². The maximum atomic E-state index is 13.2. The fraction of sp³-hybridized carbons (Fsp3) is 0.500. The van der Waals surface area contributed by atoms with Gasteiger partial charge in [0, 0.05) is 33.2 Å². The van der Waals surface area contributed by atoms with Crippen molar-refractivity contribution in [2.45, 2.75) is 31.6 Å². The van der Waals surface area contributed by atoms with E-state index in [1.807, 2.05) is 24.3 Å². The van der Waals surface area contributed by atoms with Gasteiger partial charge < -0.3 is 9.64 Å². The predicted octanol–water partition coefficient (Wildman–Crippen LogP) is 1.51. The minimum atomic E-state index is -3.64. The van der Waals surface area contributed by atoms with Gasteiger partial charge in [0.05, 0.1) is 24.9 Å². The lowest BCUT2D eigenvalue weighted by molar-refractivity contribution is -0.130. The standard InChI is InChI=1S/C20H28N4O4S/c1-15-20(16(2)22(3)21-15)29(26,27)24-11-5-10-23(12-13-24)19(25)14-17-6-8-18(28-4)9-7-17/h6-9H,5,10-14H2,1-4H3. The van der Waals surface area contributed by atoms with Crippen LogP contribution < -0.4 is 4.74 Å². The molecule has 0 aliphatic carbocycles. The number of aryl methyl sites for hydroxylation is 2. The van der Waals surface area contributed by atoms with Crippen molar-refractivity contribution in [3.8, 4) is 5.75 Å². The Kier molecular flexibility index (Phi) is 6.28. The molecule has 1 aromatic carbocycles. The highest BCUT2D eigenvalue weighted by Gasteiger charge is 2.32. The van der Waals surface area contributed by atoms with E-state index in [2.05, 4.69) is 5.10 Å². The third kappa shape index (κ3) is 4.45. The number of aromatic nitrogens is 2. The molecule has 0 spiro atoms. The van der Waals surface area contributed by atoms with Crippen LogP contribution in [0, 0.1) is 13.8 Å². The molecule has 0 N–H and O–H groups in total. The molecule has 1 aromatic heterocycles. The van der Waals surface area contributed by atoms with Crippen LogP contribution in [0.5, 0.6) is 5.75 Å². The molecule has 0 atom stereocenters. The van der Waals surface area contributed by atoms with Crippen LogP contribution >= 0.6 is 0 Å². The van der Waals surface area contributed by atoms with Gasteiger partial charge in [0.15, 0.2) is 0 Å². The fourth-order valence-corrected chi connectivity index (χ4v) is 5.54. The van der Waals surface area contributed by atoms with Crippen LogP contribution in [0.4, 0.5) is 0 Å². The van der Waals surface area contributed by atoms with Gasteiger partial charge in [-0.05, 0) is 38.0 Å². The van der Waals surface area contributed by atoms with Gasteiger partial charge in [-0.3, -0.25) is 9.48 Å². The van der Waals surface area contributed by atoms with Gasteiger partial charge in [-0.15, -0.1) is 0 Å². The molecule has 2 aromatic rings. The average molecular weight is 421 g/mol. The molecule has 1 amide bonds. The van der Waals surface area contributed by atoms with E-state index in [1.54, 1.807) is 37.6 Å². The Hall–Kier alpha value is -2.39. The van der Waals surface area contributed by atoms with Crippen LogP contribution in [0.1, 0.15) is 23.4 Å². The van der Waals surface area contributed by atoms with Crippen LogP contribution in [-0.2, 0) is 28.3 Å². The normalized spacial score (nSPS) is 15.9. The summed E-state index contributed by atoms with van der Waals surface area (Å²) >= 11 is 0. The molecule has 0 radical (unpaired) electrons. The second-order valence-corrected chi connectivity index (χ2v) is 9.16. The van der Waals surface area contributed by atoms with E-state index in [4.69, 9.17) is 4.74 Å². The first kappa shape index (κ1) is 21.3. The molecule has 0 saturated carbocycles. The summed E-state index contributed by atoms with van der Waals surface area (Å²) in [4.78, 5) is 14.8. The first-order valence-corrected chi connectivity index (χ1v) is 11.1. The summed E-state index contributed by atoms with van der Waals surface area (Å²) in [6.07, 6.45) is 0.892. The van der Waals surface area contributed by atoms with E-state index < -0.39 is 10.0 Å². The second kappa shape index (κ2) is 8.54. The van der Waals surface area contributed by atoms with E-state index in [-0.39, 0.29) is 23.8 Å². The van der Waals surface area contributed by atoms with Crippen molar-refractivity contribution in [3.05, 3.63) is 41.2 Å². The molecule has 2 heterocycles. The maximum absolute atomic E-state index is 13.2. The lowest BCUT2D eigenvalue weighted by Gasteiger charge is -2.22. The third-order valence-electron chi connectivity index (χ3n) is 5.36. The largest absolute Gasteiger partial charge is 0.497 e. The quantitative estimate of drug-likeness (QED) is 0.732. The first-order chi connectivity index (χ1) is 13.7. The van der Waals surface area contributed by atoms with E-state index in [1.165, 1.54) is 4.31 Å². The van der Waals surface area contributed by atoms with Crippen molar-refractivity contribution in [3.63, 3.8) is 0 Å². The van der Waals surface area contributed by atoms with Crippen LogP contribution in [0.2, 0.25) is 0 Å². The van der Waals surface area contributed by atoms with Gasteiger partial charge in [-0.25, -0.2) is 8.42 Å². The minimum Gasteiger partial charge on any atom is -0.497 e. The van der Waals surface area contributed by atoms with Crippen molar-refractivity contribution in [2.24, 2.45) is 7.05 Å². The highest BCUT2D eigenvalue weighted by atomic mass is 32.2. The van der Waals surface area contributed by atoms with Gasteiger partial charge in [0.2, 0.25) is 15.9 Å². The molecule has 1 fully saturated rings. The highest BCUT2D eigenvalue weighted by molar-refractivity contribution is 7.89. The Morgan fingerprint density at radius 2 is 1.79 bits per heavy atom. The summed E-state index contributed by atoms with van der Waals surface area (Å²) in [6.45, 7) is 5.07. The van der Waals surface area contributed by atoms with Crippen molar-refractivity contribution in [1.29, 1.82) is 0 Å². The summed E-state index contributed by atoms with van der Waals surface area (Å²) in [5.74, 6) is 0.751. The summed E-state index contributed by atoms with van der Waals surface area (Å²) in [5, 5.41) is 4.23. The molecule has 9 heteroatoms. The zero-order chi connectivity index (χ0) is 21.2. The molecule has 0 bridgehead atoms. The molecule has 29 heavy (non-hydrogen) atoms. The zero-order valence-corrected chi connectivity index (χ0v) is 18.2. The van der Waals surface area contributed by atoms with Gasteiger partial charge in [-0.1, -0.05) is 12.1 Å². The molecule has 1 aliphatic heterocycles. The summed E-state index contributed by atoms with van der Waals surface area (Å²) in [5.41, 5.74) is 2.03. The summed E-state index contributed by atoms with van der Waals surface area (Å²) < 4.78 is 34.6. The second-order valence-electron chi connectivity index (χ2n) is 7.29. The van der Waals surface area contributed by atoms with Crippen molar-refractivity contribution in [2.75, 3.05) is 33.3 Å². The summed E-state index contributed by atoms with van der Waals surface area (Å²) in [7, 11) is -0.301.